The third-order valence-corrected chi connectivity index (χ3v) is 5.79. The first-order valence-corrected chi connectivity index (χ1v) is 10.3. The Labute approximate surface area is 168 Å². The van der Waals surface area contributed by atoms with E-state index in [-0.39, 0.29) is 11.2 Å². The van der Waals surface area contributed by atoms with Crippen LogP contribution in [0.4, 0.5) is 0 Å². The van der Waals surface area contributed by atoms with E-state index in [4.69, 9.17) is 0 Å². The number of hydrogen-bond donors (Lipinski definition) is 1. The minimum absolute atomic E-state index is 0.00107. The van der Waals surface area contributed by atoms with Gasteiger partial charge in [-0.25, -0.2) is 0 Å². The van der Waals surface area contributed by atoms with Crippen molar-refractivity contribution < 1.29 is 4.79 Å². The Balaban J connectivity index is 1.44. The molecule has 0 spiro atoms. The maximum Gasteiger partial charge on any atom is 0.233 e. The highest BCUT2D eigenvalue weighted by Crippen LogP contribution is 2.41. The van der Waals surface area contributed by atoms with E-state index in [1.54, 1.807) is 12.4 Å². The summed E-state index contributed by atoms with van der Waals surface area (Å²) < 4.78 is 2.16. The summed E-state index contributed by atoms with van der Waals surface area (Å²) in [4.78, 5) is 16.7. The molecular formula is C21H23N5OS. The predicted molar refractivity (Wildman–Crippen MR) is 110 cm³/mol. The van der Waals surface area contributed by atoms with Crippen LogP contribution in [0.15, 0.2) is 53.9 Å². The maximum absolute atomic E-state index is 12.6. The lowest BCUT2D eigenvalue weighted by molar-refractivity contribution is -0.120. The molecule has 0 bridgehead atoms. The van der Waals surface area contributed by atoms with Gasteiger partial charge in [-0.3, -0.25) is 14.3 Å². The van der Waals surface area contributed by atoms with Gasteiger partial charge >= 0.3 is 0 Å². The third kappa shape index (κ3) is 4.25. The number of nitrogens with zero attached hydrogens (tertiary/aromatic N) is 4. The van der Waals surface area contributed by atoms with Gasteiger partial charge < -0.3 is 5.32 Å². The van der Waals surface area contributed by atoms with Crippen molar-refractivity contribution >= 4 is 17.7 Å². The van der Waals surface area contributed by atoms with Gasteiger partial charge in [-0.15, -0.1) is 10.2 Å². The van der Waals surface area contributed by atoms with E-state index < -0.39 is 0 Å². The van der Waals surface area contributed by atoms with Crippen molar-refractivity contribution in [3.63, 3.8) is 0 Å². The van der Waals surface area contributed by atoms with Crippen molar-refractivity contribution in [1.29, 1.82) is 0 Å². The van der Waals surface area contributed by atoms with Crippen molar-refractivity contribution in [2.45, 2.75) is 49.7 Å². The number of thioether (sulfide) groups is 1. The Morgan fingerprint density at radius 3 is 2.71 bits per heavy atom. The fourth-order valence-electron chi connectivity index (χ4n) is 2.96. The molecule has 0 radical (unpaired) electrons. The first-order valence-electron chi connectivity index (χ1n) is 9.47. The van der Waals surface area contributed by atoms with Crippen LogP contribution >= 0.6 is 11.8 Å². The molecule has 1 N–H and O–H groups in total. The Bertz CT molecular complexity index is 951. The second kappa shape index (κ2) is 8.14. The van der Waals surface area contributed by atoms with Gasteiger partial charge in [-0.2, -0.15) is 0 Å². The number of carbonyl (C=O) groups excluding carboxylic acids is 1. The molecular weight excluding hydrogens is 370 g/mol. The van der Waals surface area contributed by atoms with Gasteiger partial charge in [-0.1, -0.05) is 41.6 Å². The van der Waals surface area contributed by atoms with Crippen molar-refractivity contribution in [2.24, 2.45) is 0 Å². The monoisotopic (exact) mass is 393 g/mol. The fraction of sp³-hybridized carbons (Fsp3) is 0.333. The molecule has 28 heavy (non-hydrogen) atoms. The molecule has 1 aromatic carbocycles. The summed E-state index contributed by atoms with van der Waals surface area (Å²) in [5.74, 6) is 0.823. The number of carbonyl (C=O) groups is 1. The Morgan fingerprint density at radius 1 is 1.25 bits per heavy atom. The molecule has 7 heteroatoms. The standard InChI is InChI=1S/C21H23N5OS/c1-14-5-7-16(8-6-14)12-23-20(27)15(2)28-21-25-24-19(26(21)18-9-10-18)17-4-3-11-22-13-17/h3-8,11,13,15,18H,9-10,12H2,1-2H3,(H,23,27)/t15-/m0/s1. The van der Waals surface area contributed by atoms with E-state index in [2.05, 4.69) is 44.1 Å². The zero-order valence-electron chi connectivity index (χ0n) is 16.0. The fourth-order valence-corrected chi connectivity index (χ4v) is 3.91. The van der Waals surface area contributed by atoms with Crippen LogP contribution in [0.2, 0.25) is 0 Å². The maximum atomic E-state index is 12.6. The average Bonchev–Trinajstić information content (AvgIpc) is 3.48. The number of rotatable bonds is 7. The summed E-state index contributed by atoms with van der Waals surface area (Å²) >= 11 is 1.46. The molecule has 2 heterocycles. The number of hydrogen-bond acceptors (Lipinski definition) is 5. The summed E-state index contributed by atoms with van der Waals surface area (Å²) in [6.07, 6.45) is 5.78. The number of benzene rings is 1. The van der Waals surface area contributed by atoms with Gasteiger partial charge in [0.2, 0.25) is 5.91 Å². The van der Waals surface area contributed by atoms with Crippen LogP contribution < -0.4 is 5.32 Å². The van der Waals surface area contributed by atoms with Crippen molar-refractivity contribution in [3.05, 3.63) is 59.9 Å². The van der Waals surface area contributed by atoms with E-state index >= 15 is 0 Å². The highest BCUT2D eigenvalue weighted by Gasteiger charge is 2.31. The molecule has 1 amide bonds. The van der Waals surface area contributed by atoms with Crippen LogP contribution in [-0.4, -0.2) is 30.9 Å². The molecule has 1 saturated carbocycles. The van der Waals surface area contributed by atoms with Gasteiger partial charge in [0, 0.05) is 30.5 Å². The zero-order chi connectivity index (χ0) is 19.5. The van der Waals surface area contributed by atoms with Gasteiger partial charge in [0.25, 0.3) is 0 Å². The molecule has 2 aromatic heterocycles. The van der Waals surface area contributed by atoms with Crippen molar-refractivity contribution in [3.8, 4) is 11.4 Å². The lowest BCUT2D eigenvalue weighted by Crippen LogP contribution is -2.30. The molecule has 1 aliphatic carbocycles. The summed E-state index contributed by atoms with van der Waals surface area (Å²) in [7, 11) is 0. The Morgan fingerprint density at radius 2 is 2.04 bits per heavy atom. The predicted octanol–water partition coefficient (Wildman–Crippen LogP) is 3.78. The minimum atomic E-state index is -0.256. The second-order valence-electron chi connectivity index (χ2n) is 7.11. The average molecular weight is 394 g/mol. The van der Waals surface area contributed by atoms with Gasteiger partial charge in [0.05, 0.1) is 5.25 Å². The van der Waals surface area contributed by atoms with E-state index in [9.17, 15) is 4.79 Å². The number of nitrogens with one attached hydrogen (secondary N) is 1. The van der Waals surface area contributed by atoms with Gasteiger partial charge in [0.15, 0.2) is 11.0 Å². The zero-order valence-corrected chi connectivity index (χ0v) is 16.8. The Kier molecular flexibility index (Phi) is 5.43. The minimum Gasteiger partial charge on any atom is -0.351 e. The molecule has 3 aromatic rings. The molecule has 4 rings (SSSR count). The summed E-state index contributed by atoms with van der Waals surface area (Å²) in [5.41, 5.74) is 3.25. The van der Waals surface area contributed by atoms with Gasteiger partial charge in [0.1, 0.15) is 0 Å². The van der Waals surface area contributed by atoms with Crippen LogP contribution in [0.3, 0.4) is 0 Å². The molecule has 1 aliphatic rings. The van der Waals surface area contributed by atoms with Crippen LogP contribution in [0.25, 0.3) is 11.4 Å². The van der Waals surface area contributed by atoms with Crippen molar-refractivity contribution in [2.75, 3.05) is 0 Å². The first-order chi connectivity index (χ1) is 13.6. The molecule has 6 nitrogen and oxygen atoms in total. The van der Waals surface area contributed by atoms with Crippen LogP contribution in [0, 0.1) is 6.92 Å². The molecule has 144 valence electrons. The first kappa shape index (κ1) is 18.7. The van der Waals surface area contributed by atoms with Crippen LogP contribution in [0.5, 0.6) is 0 Å². The Hall–Kier alpha value is -2.67. The number of pyridine rings is 1. The van der Waals surface area contributed by atoms with Gasteiger partial charge in [-0.05, 0) is 44.4 Å². The number of amides is 1. The summed E-state index contributed by atoms with van der Waals surface area (Å²) in [6.45, 7) is 4.49. The lowest BCUT2D eigenvalue weighted by atomic mass is 10.1. The van der Waals surface area contributed by atoms with E-state index in [1.165, 1.54) is 17.3 Å². The molecule has 0 unspecified atom stereocenters. The highest BCUT2D eigenvalue weighted by molar-refractivity contribution is 8.00. The second-order valence-corrected chi connectivity index (χ2v) is 8.42. The SMILES string of the molecule is Cc1ccc(CNC(=O)[C@H](C)Sc2nnc(-c3cccnc3)n2C2CC2)cc1. The van der Waals surface area contributed by atoms with Crippen LogP contribution in [-0.2, 0) is 11.3 Å². The van der Waals surface area contributed by atoms with E-state index in [0.717, 1.165) is 34.9 Å². The smallest absolute Gasteiger partial charge is 0.233 e. The molecule has 0 saturated heterocycles. The quantitative estimate of drug-likeness (QED) is 0.619. The van der Waals surface area contributed by atoms with Crippen molar-refractivity contribution in [1.82, 2.24) is 25.1 Å². The largest absolute Gasteiger partial charge is 0.351 e. The van der Waals surface area contributed by atoms with E-state index in [0.29, 0.717) is 12.6 Å². The number of aromatic nitrogens is 4. The van der Waals surface area contributed by atoms with Crippen LogP contribution in [0.1, 0.15) is 36.9 Å². The molecule has 0 aliphatic heterocycles. The van der Waals surface area contributed by atoms with E-state index in [1.807, 2.05) is 31.2 Å². The summed E-state index contributed by atoms with van der Waals surface area (Å²) in [6, 6.07) is 12.5. The third-order valence-electron chi connectivity index (χ3n) is 4.74. The molecule has 1 fully saturated rings. The number of aryl methyl sites for hydroxylation is 1. The highest BCUT2D eigenvalue weighted by atomic mass is 32.2. The normalized spacial score (nSPS) is 14.6. The summed E-state index contributed by atoms with van der Waals surface area (Å²) in [5, 5.41) is 12.3. The lowest BCUT2D eigenvalue weighted by Gasteiger charge is -2.13. The topological polar surface area (TPSA) is 72.7 Å². The molecule has 1 atom stereocenters.